The van der Waals surface area contributed by atoms with Crippen molar-refractivity contribution < 1.29 is 0 Å². The van der Waals surface area contributed by atoms with Gasteiger partial charge in [0, 0.05) is 37.9 Å². The Bertz CT molecular complexity index is 317. The van der Waals surface area contributed by atoms with Gasteiger partial charge in [0.2, 0.25) is 0 Å². The lowest BCUT2D eigenvalue weighted by atomic mass is 10.2. The van der Waals surface area contributed by atoms with Crippen LogP contribution in [0.25, 0.3) is 0 Å². The zero-order valence-corrected chi connectivity index (χ0v) is 11.1. The van der Waals surface area contributed by atoms with Gasteiger partial charge in [-0.15, -0.1) is 0 Å². The molecule has 4 nitrogen and oxygen atoms in total. The van der Waals surface area contributed by atoms with Gasteiger partial charge in [0.25, 0.3) is 0 Å². The molecule has 1 unspecified atom stereocenters. The van der Waals surface area contributed by atoms with Crippen LogP contribution in [-0.2, 0) is 20.0 Å². The standard InChI is InChI=1S/C12H24N4/c1-6-12-11(9-16(5)14-12)8-13-7-10(2)15(3)4/h9-10,13H,6-8H2,1-5H3. The fraction of sp³-hybridized carbons (Fsp3) is 0.750. The number of nitrogens with zero attached hydrogens (tertiary/aromatic N) is 3. The third-order valence-corrected chi connectivity index (χ3v) is 2.96. The first-order valence-electron chi connectivity index (χ1n) is 5.93. The van der Waals surface area contributed by atoms with Crippen LogP contribution in [0, 0.1) is 0 Å². The summed E-state index contributed by atoms with van der Waals surface area (Å²) in [5.74, 6) is 0. The summed E-state index contributed by atoms with van der Waals surface area (Å²) in [7, 11) is 6.19. The highest BCUT2D eigenvalue weighted by Crippen LogP contribution is 2.06. The molecule has 4 heteroatoms. The van der Waals surface area contributed by atoms with Crippen molar-refractivity contribution in [2.75, 3.05) is 20.6 Å². The summed E-state index contributed by atoms with van der Waals surface area (Å²) in [5.41, 5.74) is 2.52. The molecule has 1 aromatic rings. The number of aryl methyl sites for hydroxylation is 2. The van der Waals surface area contributed by atoms with Gasteiger partial charge < -0.3 is 10.2 Å². The van der Waals surface area contributed by atoms with E-state index in [-0.39, 0.29) is 0 Å². The summed E-state index contributed by atoms with van der Waals surface area (Å²) in [5, 5.41) is 7.90. The van der Waals surface area contributed by atoms with Gasteiger partial charge in [0.1, 0.15) is 0 Å². The highest BCUT2D eigenvalue weighted by atomic mass is 15.3. The van der Waals surface area contributed by atoms with Crippen molar-refractivity contribution in [3.8, 4) is 0 Å². The lowest BCUT2D eigenvalue weighted by molar-refractivity contribution is 0.302. The minimum absolute atomic E-state index is 0.557. The Balaban J connectivity index is 2.42. The Morgan fingerprint density at radius 2 is 2.19 bits per heavy atom. The number of rotatable bonds is 6. The average Bonchev–Trinajstić information content (AvgIpc) is 2.58. The molecule has 0 amide bonds. The maximum Gasteiger partial charge on any atom is 0.0666 e. The van der Waals surface area contributed by atoms with Crippen molar-refractivity contribution in [1.29, 1.82) is 0 Å². The van der Waals surface area contributed by atoms with Gasteiger partial charge in [-0.3, -0.25) is 4.68 Å². The zero-order valence-electron chi connectivity index (χ0n) is 11.1. The number of nitrogens with one attached hydrogen (secondary N) is 1. The van der Waals surface area contributed by atoms with E-state index in [0.717, 1.165) is 19.5 Å². The largest absolute Gasteiger partial charge is 0.311 e. The summed E-state index contributed by atoms with van der Waals surface area (Å²) in [6.45, 7) is 6.28. The molecule has 0 aliphatic carbocycles. The molecule has 0 aliphatic heterocycles. The van der Waals surface area contributed by atoms with Crippen LogP contribution in [0.3, 0.4) is 0 Å². The van der Waals surface area contributed by atoms with Crippen LogP contribution in [0.2, 0.25) is 0 Å². The molecule has 0 aromatic carbocycles. The molecule has 1 aromatic heterocycles. The maximum absolute atomic E-state index is 4.43. The monoisotopic (exact) mass is 224 g/mol. The number of hydrogen-bond acceptors (Lipinski definition) is 3. The van der Waals surface area contributed by atoms with Gasteiger partial charge in [-0.2, -0.15) is 5.10 Å². The molecule has 1 N–H and O–H groups in total. The first-order chi connectivity index (χ1) is 7.54. The summed E-state index contributed by atoms with van der Waals surface area (Å²) in [4.78, 5) is 2.22. The Hall–Kier alpha value is -0.870. The summed E-state index contributed by atoms with van der Waals surface area (Å²) >= 11 is 0. The predicted molar refractivity (Wildman–Crippen MR) is 67.4 cm³/mol. The van der Waals surface area contributed by atoms with Crippen LogP contribution in [0.15, 0.2) is 6.20 Å². The Labute approximate surface area is 98.6 Å². The van der Waals surface area contributed by atoms with Crippen LogP contribution >= 0.6 is 0 Å². The highest BCUT2D eigenvalue weighted by molar-refractivity contribution is 5.16. The molecule has 0 fully saturated rings. The predicted octanol–water partition coefficient (Wildman–Crippen LogP) is 1.02. The van der Waals surface area contributed by atoms with Gasteiger partial charge >= 0.3 is 0 Å². The third-order valence-electron chi connectivity index (χ3n) is 2.96. The fourth-order valence-corrected chi connectivity index (χ4v) is 1.63. The molecular weight excluding hydrogens is 200 g/mol. The second-order valence-electron chi connectivity index (χ2n) is 4.57. The summed E-state index contributed by atoms with van der Waals surface area (Å²) in [6, 6.07) is 0.557. The van der Waals surface area contributed by atoms with Crippen molar-refractivity contribution in [3.63, 3.8) is 0 Å². The van der Waals surface area contributed by atoms with Crippen molar-refractivity contribution >= 4 is 0 Å². The van der Waals surface area contributed by atoms with Crippen molar-refractivity contribution in [3.05, 3.63) is 17.5 Å². The summed E-state index contributed by atoms with van der Waals surface area (Å²) < 4.78 is 1.89. The van der Waals surface area contributed by atoms with E-state index in [2.05, 4.69) is 49.5 Å². The third kappa shape index (κ3) is 3.61. The lowest BCUT2D eigenvalue weighted by Gasteiger charge is -2.19. The molecule has 0 bridgehead atoms. The van der Waals surface area contributed by atoms with Gasteiger partial charge in [0.15, 0.2) is 0 Å². The van der Waals surface area contributed by atoms with E-state index in [9.17, 15) is 0 Å². The molecule has 1 atom stereocenters. The van der Waals surface area contributed by atoms with E-state index in [0.29, 0.717) is 6.04 Å². The Morgan fingerprint density at radius 1 is 1.50 bits per heavy atom. The van der Waals surface area contributed by atoms with Crippen LogP contribution in [0.4, 0.5) is 0 Å². The fourth-order valence-electron chi connectivity index (χ4n) is 1.63. The number of likely N-dealkylation sites (N-methyl/N-ethyl adjacent to an activating group) is 1. The van der Waals surface area contributed by atoms with Gasteiger partial charge in [-0.25, -0.2) is 0 Å². The van der Waals surface area contributed by atoms with Crippen LogP contribution in [0.1, 0.15) is 25.1 Å². The SMILES string of the molecule is CCc1nn(C)cc1CNCC(C)N(C)C. The van der Waals surface area contributed by atoms with Crippen LogP contribution < -0.4 is 5.32 Å². The maximum atomic E-state index is 4.43. The zero-order chi connectivity index (χ0) is 12.1. The van der Waals surface area contributed by atoms with E-state index >= 15 is 0 Å². The molecular formula is C12H24N4. The molecule has 0 spiro atoms. The van der Waals surface area contributed by atoms with E-state index in [1.807, 2.05) is 11.7 Å². The van der Waals surface area contributed by atoms with Crippen molar-refractivity contribution in [2.45, 2.75) is 32.9 Å². The van der Waals surface area contributed by atoms with E-state index in [1.54, 1.807) is 0 Å². The van der Waals surface area contributed by atoms with Gasteiger partial charge in [-0.05, 0) is 27.4 Å². The average molecular weight is 224 g/mol. The van der Waals surface area contributed by atoms with Crippen molar-refractivity contribution in [1.82, 2.24) is 20.0 Å². The Morgan fingerprint density at radius 3 is 2.75 bits per heavy atom. The highest BCUT2D eigenvalue weighted by Gasteiger charge is 2.07. The van der Waals surface area contributed by atoms with Crippen LogP contribution in [-0.4, -0.2) is 41.4 Å². The molecule has 1 heterocycles. The quantitative estimate of drug-likeness (QED) is 0.783. The molecule has 0 saturated heterocycles. The minimum Gasteiger partial charge on any atom is -0.311 e. The molecule has 0 radical (unpaired) electrons. The topological polar surface area (TPSA) is 33.1 Å². The van der Waals surface area contributed by atoms with Gasteiger partial charge in [-0.1, -0.05) is 6.92 Å². The van der Waals surface area contributed by atoms with E-state index in [1.165, 1.54) is 11.3 Å². The Kier molecular flexibility index (Phi) is 4.96. The second-order valence-corrected chi connectivity index (χ2v) is 4.57. The number of aromatic nitrogens is 2. The normalized spacial score (nSPS) is 13.4. The van der Waals surface area contributed by atoms with Crippen LogP contribution in [0.5, 0.6) is 0 Å². The van der Waals surface area contributed by atoms with E-state index < -0.39 is 0 Å². The minimum atomic E-state index is 0.557. The molecule has 92 valence electrons. The molecule has 1 rings (SSSR count). The van der Waals surface area contributed by atoms with E-state index in [4.69, 9.17) is 0 Å². The first kappa shape index (κ1) is 13.2. The smallest absolute Gasteiger partial charge is 0.0666 e. The second kappa shape index (κ2) is 6.01. The van der Waals surface area contributed by atoms with Gasteiger partial charge in [0.05, 0.1) is 5.69 Å². The summed E-state index contributed by atoms with van der Waals surface area (Å²) in [6.07, 6.45) is 3.10. The lowest BCUT2D eigenvalue weighted by Crippen LogP contribution is -2.35. The molecule has 16 heavy (non-hydrogen) atoms. The number of hydrogen-bond donors (Lipinski definition) is 1. The molecule has 0 saturated carbocycles. The first-order valence-corrected chi connectivity index (χ1v) is 5.93. The van der Waals surface area contributed by atoms with Crippen molar-refractivity contribution in [2.24, 2.45) is 7.05 Å². The molecule has 0 aliphatic rings.